The van der Waals surface area contributed by atoms with Crippen molar-refractivity contribution in [1.29, 1.82) is 0 Å². The van der Waals surface area contributed by atoms with Gasteiger partial charge in [-0.05, 0) is 60.6 Å². The smallest absolute Gasteiger partial charge is 0.264 e. The van der Waals surface area contributed by atoms with Crippen LogP contribution in [-0.4, -0.2) is 33.2 Å². The van der Waals surface area contributed by atoms with Crippen molar-refractivity contribution in [3.05, 3.63) is 94.8 Å². The fourth-order valence-corrected chi connectivity index (χ4v) is 5.89. The van der Waals surface area contributed by atoms with Crippen LogP contribution in [0.5, 0.6) is 0 Å². The number of hydrogen-bond acceptors (Lipinski definition) is 4. The van der Waals surface area contributed by atoms with Gasteiger partial charge in [-0.1, -0.05) is 54.1 Å². The van der Waals surface area contributed by atoms with Gasteiger partial charge in [-0.2, -0.15) is 11.8 Å². The molecule has 0 aliphatic carbocycles. The van der Waals surface area contributed by atoms with E-state index < -0.39 is 15.9 Å². The molecule has 9 heteroatoms. The zero-order valence-corrected chi connectivity index (χ0v) is 21.1. The Hall–Kier alpha value is -2.55. The number of sulfonamides is 1. The predicted molar refractivity (Wildman–Crippen MR) is 137 cm³/mol. The van der Waals surface area contributed by atoms with Gasteiger partial charge in [0.05, 0.1) is 10.6 Å². The number of anilines is 1. The standard InChI is InChI=1S/C25H26ClFN2O3S2/c1-19-22(26)12-7-14-24(19)29(34(31,32)21-10-3-2-4-11-21)17-25(30)28-15-8-16-33-18-20-9-5-6-13-23(20)27/h2-7,9-14H,8,15-18H2,1H3,(H,28,30). The summed E-state index contributed by atoms with van der Waals surface area (Å²) < 4.78 is 41.5. The lowest BCUT2D eigenvalue weighted by atomic mass is 10.2. The van der Waals surface area contributed by atoms with Crippen molar-refractivity contribution in [2.45, 2.75) is 24.0 Å². The molecule has 3 rings (SSSR count). The number of hydrogen-bond donors (Lipinski definition) is 1. The first-order valence-corrected chi connectivity index (χ1v) is 13.7. The molecule has 3 aromatic carbocycles. The predicted octanol–water partition coefficient (Wildman–Crippen LogP) is 5.42. The van der Waals surface area contributed by atoms with Crippen LogP contribution in [0.25, 0.3) is 0 Å². The highest BCUT2D eigenvalue weighted by molar-refractivity contribution is 7.98. The Morgan fingerprint density at radius 1 is 1.03 bits per heavy atom. The van der Waals surface area contributed by atoms with E-state index in [0.717, 1.165) is 10.1 Å². The van der Waals surface area contributed by atoms with Crippen molar-refractivity contribution in [1.82, 2.24) is 5.32 Å². The van der Waals surface area contributed by atoms with Crippen molar-refractivity contribution >= 4 is 45.0 Å². The van der Waals surface area contributed by atoms with E-state index in [1.165, 1.54) is 18.2 Å². The summed E-state index contributed by atoms with van der Waals surface area (Å²) in [6.45, 7) is 1.73. The summed E-state index contributed by atoms with van der Waals surface area (Å²) in [5, 5.41) is 3.20. The van der Waals surface area contributed by atoms with Crippen molar-refractivity contribution < 1.29 is 17.6 Å². The highest BCUT2D eigenvalue weighted by Crippen LogP contribution is 2.30. The summed E-state index contributed by atoms with van der Waals surface area (Å²) in [5.74, 6) is 0.642. The Morgan fingerprint density at radius 2 is 1.74 bits per heavy atom. The Morgan fingerprint density at radius 3 is 2.47 bits per heavy atom. The largest absolute Gasteiger partial charge is 0.354 e. The van der Waals surface area contributed by atoms with Gasteiger partial charge in [0.25, 0.3) is 10.0 Å². The van der Waals surface area contributed by atoms with Crippen LogP contribution >= 0.6 is 23.4 Å². The van der Waals surface area contributed by atoms with Crippen LogP contribution in [0.4, 0.5) is 10.1 Å². The third kappa shape index (κ3) is 6.74. The van der Waals surface area contributed by atoms with Crippen LogP contribution in [0.2, 0.25) is 5.02 Å². The maximum atomic E-state index is 13.7. The average molecular weight is 521 g/mol. The number of thioether (sulfide) groups is 1. The molecule has 0 saturated carbocycles. The lowest BCUT2D eigenvalue weighted by Gasteiger charge is -2.26. The molecule has 0 unspecified atom stereocenters. The van der Waals surface area contributed by atoms with Crippen molar-refractivity contribution in [2.75, 3.05) is 23.1 Å². The van der Waals surface area contributed by atoms with Crippen LogP contribution in [0, 0.1) is 12.7 Å². The zero-order chi connectivity index (χ0) is 24.6. The van der Waals surface area contributed by atoms with Crippen molar-refractivity contribution in [3.63, 3.8) is 0 Å². The molecule has 0 bridgehead atoms. The van der Waals surface area contributed by atoms with E-state index >= 15 is 0 Å². The Kier molecular flexibility index (Phi) is 9.38. The number of nitrogens with one attached hydrogen (secondary N) is 1. The molecule has 3 aromatic rings. The van der Waals surface area contributed by atoms with E-state index in [2.05, 4.69) is 5.32 Å². The second-order valence-electron chi connectivity index (χ2n) is 7.56. The Bertz CT molecular complexity index is 1220. The third-order valence-corrected chi connectivity index (χ3v) is 8.41. The second kappa shape index (κ2) is 12.2. The van der Waals surface area contributed by atoms with Gasteiger partial charge in [0, 0.05) is 17.3 Å². The Labute approximate surface area is 209 Å². The van der Waals surface area contributed by atoms with E-state index in [-0.39, 0.29) is 17.3 Å². The summed E-state index contributed by atoms with van der Waals surface area (Å²) in [6, 6.07) is 19.6. The average Bonchev–Trinajstić information content (AvgIpc) is 2.83. The minimum Gasteiger partial charge on any atom is -0.354 e. The number of carbonyl (C=O) groups excluding carboxylic acids is 1. The van der Waals surface area contributed by atoms with E-state index in [0.29, 0.717) is 40.6 Å². The Balaban J connectivity index is 1.62. The number of carbonyl (C=O) groups is 1. The highest BCUT2D eigenvalue weighted by Gasteiger charge is 2.28. The van der Waals surface area contributed by atoms with Crippen LogP contribution in [-0.2, 0) is 20.6 Å². The molecule has 0 aromatic heterocycles. The maximum absolute atomic E-state index is 13.7. The molecule has 0 spiro atoms. The number of nitrogens with zero attached hydrogens (tertiary/aromatic N) is 1. The van der Waals surface area contributed by atoms with E-state index in [1.54, 1.807) is 73.3 Å². The van der Waals surface area contributed by atoms with E-state index in [1.807, 2.05) is 0 Å². The van der Waals surface area contributed by atoms with Gasteiger partial charge in [0.15, 0.2) is 0 Å². The summed E-state index contributed by atoms with van der Waals surface area (Å²) in [6.07, 6.45) is 0.673. The second-order valence-corrected chi connectivity index (χ2v) is 10.9. The topological polar surface area (TPSA) is 66.5 Å². The number of benzene rings is 3. The lowest BCUT2D eigenvalue weighted by molar-refractivity contribution is -0.119. The summed E-state index contributed by atoms with van der Waals surface area (Å²) in [7, 11) is -3.99. The van der Waals surface area contributed by atoms with E-state index in [4.69, 9.17) is 11.6 Å². The molecule has 180 valence electrons. The van der Waals surface area contributed by atoms with Crippen LogP contribution in [0.3, 0.4) is 0 Å². The van der Waals surface area contributed by atoms with Crippen LogP contribution in [0.15, 0.2) is 77.7 Å². The van der Waals surface area contributed by atoms with E-state index in [9.17, 15) is 17.6 Å². The number of halogens is 2. The van der Waals surface area contributed by atoms with Gasteiger partial charge in [-0.25, -0.2) is 12.8 Å². The first-order chi connectivity index (χ1) is 16.3. The molecule has 0 fully saturated rings. The van der Waals surface area contributed by atoms with Crippen molar-refractivity contribution in [3.8, 4) is 0 Å². The van der Waals surface area contributed by atoms with Gasteiger partial charge in [0.2, 0.25) is 5.91 Å². The van der Waals surface area contributed by atoms with Crippen LogP contribution in [0.1, 0.15) is 17.5 Å². The number of rotatable bonds is 11. The molecule has 0 heterocycles. The monoisotopic (exact) mass is 520 g/mol. The molecule has 0 saturated heterocycles. The molecule has 34 heavy (non-hydrogen) atoms. The third-order valence-electron chi connectivity index (χ3n) is 5.13. The molecule has 1 N–H and O–H groups in total. The SMILES string of the molecule is Cc1c(Cl)cccc1N(CC(=O)NCCCSCc1ccccc1F)S(=O)(=O)c1ccccc1. The summed E-state index contributed by atoms with van der Waals surface area (Å²) in [4.78, 5) is 12.8. The minimum absolute atomic E-state index is 0.0896. The molecule has 0 aliphatic heterocycles. The fraction of sp³-hybridized carbons (Fsp3) is 0.240. The zero-order valence-electron chi connectivity index (χ0n) is 18.7. The first-order valence-electron chi connectivity index (χ1n) is 10.7. The van der Waals surface area contributed by atoms with Crippen molar-refractivity contribution in [2.24, 2.45) is 0 Å². The van der Waals surface area contributed by atoms with Gasteiger partial charge in [-0.3, -0.25) is 9.10 Å². The normalized spacial score (nSPS) is 11.3. The summed E-state index contributed by atoms with van der Waals surface area (Å²) >= 11 is 7.80. The highest BCUT2D eigenvalue weighted by atomic mass is 35.5. The first kappa shape index (κ1) is 26.1. The van der Waals surface area contributed by atoms with Gasteiger partial charge in [0.1, 0.15) is 12.4 Å². The fourth-order valence-electron chi connectivity index (χ4n) is 3.27. The maximum Gasteiger partial charge on any atom is 0.264 e. The quantitative estimate of drug-likeness (QED) is 0.343. The number of amides is 1. The summed E-state index contributed by atoms with van der Waals surface area (Å²) in [5.41, 5.74) is 1.57. The van der Waals surface area contributed by atoms with Gasteiger partial charge < -0.3 is 5.32 Å². The van der Waals surface area contributed by atoms with Crippen LogP contribution < -0.4 is 9.62 Å². The molecule has 0 radical (unpaired) electrons. The molecule has 5 nitrogen and oxygen atoms in total. The lowest BCUT2D eigenvalue weighted by Crippen LogP contribution is -2.41. The molecular weight excluding hydrogens is 495 g/mol. The molecule has 1 amide bonds. The molecule has 0 aliphatic rings. The molecular formula is C25H26ClFN2O3S2. The van der Waals surface area contributed by atoms with Gasteiger partial charge in [-0.15, -0.1) is 0 Å². The minimum atomic E-state index is -3.99. The van der Waals surface area contributed by atoms with Gasteiger partial charge >= 0.3 is 0 Å². The molecule has 0 atom stereocenters.